The number of anilines is 3. The van der Waals surface area contributed by atoms with Crippen LogP contribution < -0.4 is 10.6 Å². The van der Waals surface area contributed by atoms with Crippen LogP contribution in [0.3, 0.4) is 0 Å². The molecule has 1 aromatic heterocycles. The number of amides is 1. The minimum absolute atomic E-state index is 0.0530. The molecule has 0 fully saturated rings. The van der Waals surface area contributed by atoms with Crippen LogP contribution in [0, 0.1) is 13.8 Å². The predicted octanol–water partition coefficient (Wildman–Crippen LogP) is 5.11. The van der Waals surface area contributed by atoms with Crippen molar-refractivity contribution >= 4 is 23.2 Å². The minimum atomic E-state index is -4.49. The second-order valence-corrected chi connectivity index (χ2v) is 6.18. The fourth-order valence-electron chi connectivity index (χ4n) is 2.66. The van der Waals surface area contributed by atoms with E-state index in [1.807, 2.05) is 19.9 Å². The predicted molar refractivity (Wildman–Crippen MR) is 101 cm³/mol. The first-order valence-corrected chi connectivity index (χ1v) is 8.39. The van der Waals surface area contributed by atoms with Gasteiger partial charge in [0.15, 0.2) is 0 Å². The smallest absolute Gasteiger partial charge is 0.323 e. The number of para-hydroxylation sites is 1. The van der Waals surface area contributed by atoms with Crippen molar-refractivity contribution in [3.63, 3.8) is 0 Å². The molecule has 2 aromatic carbocycles. The number of aryl methyl sites for hydroxylation is 2. The summed E-state index contributed by atoms with van der Waals surface area (Å²) in [6, 6.07) is 12.9. The van der Waals surface area contributed by atoms with Crippen molar-refractivity contribution in [3.05, 3.63) is 77.1 Å². The van der Waals surface area contributed by atoms with Gasteiger partial charge < -0.3 is 10.6 Å². The van der Waals surface area contributed by atoms with E-state index in [4.69, 9.17) is 0 Å². The number of hydrogen-bond acceptors (Lipinski definition) is 4. The highest BCUT2D eigenvalue weighted by molar-refractivity contribution is 6.08. The number of carbonyl (C=O) groups is 1. The summed E-state index contributed by atoms with van der Waals surface area (Å²) in [6.07, 6.45) is -4.49. The number of hydrogen-bond donors (Lipinski definition) is 2. The quantitative estimate of drug-likeness (QED) is 0.654. The molecule has 0 aliphatic rings. The van der Waals surface area contributed by atoms with E-state index < -0.39 is 17.6 Å². The molecule has 1 amide bonds. The van der Waals surface area contributed by atoms with Gasteiger partial charge in [-0.1, -0.05) is 18.2 Å². The number of nitrogens with one attached hydrogen (secondary N) is 2. The van der Waals surface area contributed by atoms with Crippen molar-refractivity contribution in [3.8, 4) is 0 Å². The molecule has 3 rings (SSSR count). The van der Waals surface area contributed by atoms with Crippen LogP contribution in [0.25, 0.3) is 0 Å². The molecule has 28 heavy (non-hydrogen) atoms. The molecular formula is C20H17F3N4O. The van der Waals surface area contributed by atoms with Crippen LogP contribution >= 0.6 is 0 Å². The summed E-state index contributed by atoms with van der Waals surface area (Å²) in [5.74, 6) is -0.219. The van der Waals surface area contributed by atoms with Crippen LogP contribution in [0.2, 0.25) is 0 Å². The highest BCUT2D eigenvalue weighted by atomic mass is 19.4. The average molecular weight is 386 g/mol. The van der Waals surface area contributed by atoms with E-state index in [9.17, 15) is 18.0 Å². The van der Waals surface area contributed by atoms with Gasteiger partial charge in [-0.15, -0.1) is 0 Å². The van der Waals surface area contributed by atoms with Crippen molar-refractivity contribution < 1.29 is 18.0 Å². The van der Waals surface area contributed by atoms with Crippen molar-refractivity contribution in [1.82, 2.24) is 9.97 Å². The van der Waals surface area contributed by atoms with Gasteiger partial charge >= 0.3 is 6.18 Å². The topological polar surface area (TPSA) is 66.9 Å². The Labute approximate surface area is 159 Å². The molecule has 5 nitrogen and oxygen atoms in total. The minimum Gasteiger partial charge on any atom is -0.323 e. The summed E-state index contributed by atoms with van der Waals surface area (Å²) < 4.78 is 38.6. The monoisotopic (exact) mass is 386 g/mol. The van der Waals surface area contributed by atoms with E-state index >= 15 is 0 Å². The maximum absolute atomic E-state index is 12.9. The van der Waals surface area contributed by atoms with Crippen molar-refractivity contribution in [2.24, 2.45) is 0 Å². The molecule has 2 N–H and O–H groups in total. The van der Waals surface area contributed by atoms with Crippen molar-refractivity contribution in [1.29, 1.82) is 0 Å². The SMILES string of the molecule is Cc1cc(C)nc(Nc2ccccc2C(=O)Nc2cccc(C(F)(F)F)c2)n1. The van der Waals surface area contributed by atoms with E-state index in [1.54, 1.807) is 24.3 Å². The lowest BCUT2D eigenvalue weighted by molar-refractivity contribution is -0.137. The van der Waals surface area contributed by atoms with Crippen molar-refractivity contribution in [2.75, 3.05) is 10.6 Å². The summed E-state index contributed by atoms with van der Waals surface area (Å²) in [5.41, 5.74) is 1.44. The Bertz CT molecular complexity index is 998. The third-order valence-electron chi connectivity index (χ3n) is 3.85. The lowest BCUT2D eigenvalue weighted by Crippen LogP contribution is -2.15. The molecule has 0 aliphatic heterocycles. The number of carbonyl (C=O) groups excluding carboxylic acids is 1. The molecule has 1 heterocycles. The maximum Gasteiger partial charge on any atom is 0.416 e. The van der Waals surface area contributed by atoms with E-state index in [0.717, 1.165) is 23.5 Å². The normalized spacial score (nSPS) is 11.2. The molecule has 0 atom stereocenters. The van der Waals surface area contributed by atoms with Gasteiger partial charge in [-0.2, -0.15) is 13.2 Å². The van der Waals surface area contributed by atoms with Gasteiger partial charge in [0.05, 0.1) is 16.8 Å². The van der Waals surface area contributed by atoms with Crippen LogP contribution in [0.15, 0.2) is 54.6 Å². The van der Waals surface area contributed by atoms with E-state index in [-0.39, 0.29) is 11.3 Å². The Morgan fingerprint density at radius 2 is 1.61 bits per heavy atom. The third kappa shape index (κ3) is 4.64. The molecule has 0 saturated carbocycles. The summed E-state index contributed by atoms with van der Waals surface area (Å²) in [5, 5.41) is 5.49. The fraction of sp³-hybridized carbons (Fsp3) is 0.150. The first-order valence-electron chi connectivity index (χ1n) is 8.39. The molecule has 3 aromatic rings. The van der Waals surface area contributed by atoms with Crippen LogP contribution in [0.1, 0.15) is 27.3 Å². The van der Waals surface area contributed by atoms with Gasteiger partial charge in [0.1, 0.15) is 0 Å². The Balaban J connectivity index is 1.85. The largest absolute Gasteiger partial charge is 0.416 e. The van der Waals surface area contributed by atoms with E-state index in [0.29, 0.717) is 11.6 Å². The average Bonchev–Trinajstić information content (AvgIpc) is 2.61. The lowest BCUT2D eigenvalue weighted by atomic mass is 10.1. The zero-order valence-electron chi connectivity index (χ0n) is 15.1. The van der Waals surface area contributed by atoms with E-state index in [2.05, 4.69) is 20.6 Å². The number of benzene rings is 2. The number of alkyl halides is 3. The van der Waals surface area contributed by atoms with Crippen LogP contribution in [0.4, 0.5) is 30.5 Å². The molecule has 0 aliphatic carbocycles. The molecule has 8 heteroatoms. The molecule has 0 unspecified atom stereocenters. The molecule has 0 spiro atoms. The summed E-state index contributed by atoms with van der Waals surface area (Å²) >= 11 is 0. The third-order valence-corrected chi connectivity index (χ3v) is 3.85. The highest BCUT2D eigenvalue weighted by Gasteiger charge is 2.30. The van der Waals surface area contributed by atoms with Gasteiger partial charge in [0, 0.05) is 17.1 Å². The van der Waals surface area contributed by atoms with Gasteiger partial charge in [-0.3, -0.25) is 4.79 Å². The van der Waals surface area contributed by atoms with Gasteiger partial charge in [0.25, 0.3) is 5.91 Å². The van der Waals surface area contributed by atoms with Crippen LogP contribution in [0.5, 0.6) is 0 Å². The zero-order chi connectivity index (χ0) is 20.3. The second kappa shape index (κ2) is 7.67. The van der Waals surface area contributed by atoms with Gasteiger partial charge in [0.2, 0.25) is 5.95 Å². The van der Waals surface area contributed by atoms with Gasteiger partial charge in [-0.25, -0.2) is 9.97 Å². The van der Waals surface area contributed by atoms with E-state index in [1.165, 1.54) is 12.1 Å². The Morgan fingerprint density at radius 1 is 0.929 bits per heavy atom. The summed E-state index contributed by atoms with van der Waals surface area (Å²) in [4.78, 5) is 21.2. The lowest BCUT2D eigenvalue weighted by Gasteiger charge is -2.13. The Hall–Kier alpha value is -3.42. The number of aromatic nitrogens is 2. The maximum atomic E-state index is 12.9. The molecule has 0 bridgehead atoms. The number of halogens is 3. The Kier molecular flexibility index (Phi) is 5.30. The van der Waals surface area contributed by atoms with Crippen LogP contribution in [-0.2, 0) is 6.18 Å². The zero-order valence-corrected chi connectivity index (χ0v) is 15.1. The second-order valence-electron chi connectivity index (χ2n) is 6.18. The summed E-state index contributed by atoms with van der Waals surface area (Å²) in [7, 11) is 0. The van der Waals surface area contributed by atoms with Crippen molar-refractivity contribution in [2.45, 2.75) is 20.0 Å². The number of rotatable bonds is 4. The standard InChI is InChI=1S/C20H17F3N4O/c1-12-10-13(2)25-19(24-12)27-17-9-4-3-8-16(17)18(28)26-15-7-5-6-14(11-15)20(21,22)23/h3-11H,1-2H3,(H,26,28)(H,24,25,27). The molecular weight excluding hydrogens is 369 g/mol. The molecule has 144 valence electrons. The molecule has 0 radical (unpaired) electrons. The van der Waals surface area contributed by atoms with Gasteiger partial charge in [-0.05, 0) is 50.2 Å². The Morgan fingerprint density at radius 3 is 2.29 bits per heavy atom. The highest BCUT2D eigenvalue weighted by Crippen LogP contribution is 2.31. The first-order chi connectivity index (χ1) is 13.2. The summed E-state index contributed by atoms with van der Waals surface area (Å²) in [6.45, 7) is 3.65. The van der Waals surface area contributed by atoms with Crippen LogP contribution in [-0.4, -0.2) is 15.9 Å². The fourth-order valence-corrected chi connectivity index (χ4v) is 2.66. The number of nitrogens with zero attached hydrogens (tertiary/aromatic N) is 2. The molecule has 0 saturated heterocycles. The first kappa shape index (κ1) is 19.3.